The number of rotatable bonds is 7. The van der Waals surface area contributed by atoms with E-state index < -0.39 is 0 Å². The predicted octanol–water partition coefficient (Wildman–Crippen LogP) is 5.69. The fourth-order valence-corrected chi connectivity index (χ4v) is 7.83. The molecule has 2 saturated carbocycles. The molecule has 2 bridgehead atoms. The predicted molar refractivity (Wildman–Crippen MR) is 132 cm³/mol. The number of carbonyl (C=O) groups excluding carboxylic acids is 3. The van der Waals surface area contributed by atoms with E-state index >= 15 is 0 Å². The zero-order chi connectivity index (χ0) is 22.4. The van der Waals surface area contributed by atoms with Gasteiger partial charge < -0.3 is 5.32 Å². The SMILES string of the molecule is Cc1c(NC(=O)CCCCCN2C(=O)[C@@H]3[C@H]4C[C@@H]([C@H](Br)[C@@H]4Br)[C@@H]3C2=O)ccc(Br)c1Cl. The van der Waals surface area contributed by atoms with Crippen LogP contribution in [0.5, 0.6) is 0 Å². The summed E-state index contributed by atoms with van der Waals surface area (Å²) in [4.78, 5) is 40.0. The number of nitrogens with one attached hydrogen (secondary N) is 1. The number of alkyl halides is 2. The monoisotopic (exact) mass is 636 g/mol. The van der Waals surface area contributed by atoms with E-state index in [4.69, 9.17) is 11.6 Å². The first-order chi connectivity index (χ1) is 14.7. The maximum Gasteiger partial charge on any atom is 0.233 e. The second kappa shape index (κ2) is 9.43. The highest BCUT2D eigenvalue weighted by molar-refractivity contribution is 9.12. The summed E-state index contributed by atoms with van der Waals surface area (Å²) >= 11 is 17.0. The van der Waals surface area contributed by atoms with Crippen LogP contribution < -0.4 is 5.32 Å². The molecule has 0 unspecified atom stereocenters. The summed E-state index contributed by atoms with van der Waals surface area (Å²) in [6.45, 7) is 2.32. The topological polar surface area (TPSA) is 66.5 Å². The van der Waals surface area contributed by atoms with Crippen LogP contribution in [0.1, 0.15) is 37.7 Å². The van der Waals surface area contributed by atoms with E-state index in [0.29, 0.717) is 30.1 Å². The van der Waals surface area contributed by atoms with Gasteiger partial charge in [-0.15, -0.1) is 0 Å². The van der Waals surface area contributed by atoms with Crippen LogP contribution in [-0.2, 0) is 14.4 Å². The van der Waals surface area contributed by atoms with E-state index in [2.05, 4.69) is 53.1 Å². The van der Waals surface area contributed by atoms with Gasteiger partial charge in [0.15, 0.2) is 0 Å². The van der Waals surface area contributed by atoms with Gasteiger partial charge in [-0.3, -0.25) is 19.3 Å². The van der Waals surface area contributed by atoms with Crippen molar-refractivity contribution in [2.45, 2.75) is 48.7 Å². The number of hydrogen-bond acceptors (Lipinski definition) is 3. The molecule has 1 N–H and O–H groups in total. The molecule has 3 fully saturated rings. The van der Waals surface area contributed by atoms with Crippen molar-refractivity contribution in [2.24, 2.45) is 23.7 Å². The first-order valence-corrected chi connectivity index (χ1v) is 13.6. The average Bonchev–Trinajstić information content (AvgIpc) is 3.34. The quantitative estimate of drug-likeness (QED) is 0.237. The van der Waals surface area contributed by atoms with Crippen LogP contribution in [0.25, 0.3) is 0 Å². The number of halogens is 4. The summed E-state index contributed by atoms with van der Waals surface area (Å²) in [6.07, 6.45) is 3.55. The third-order valence-corrected chi connectivity index (χ3v) is 11.6. The van der Waals surface area contributed by atoms with E-state index in [-0.39, 0.29) is 51.0 Å². The van der Waals surface area contributed by atoms with Crippen molar-refractivity contribution >= 4 is 82.8 Å². The van der Waals surface area contributed by atoms with Crippen LogP contribution in [0.2, 0.25) is 5.02 Å². The fourth-order valence-electron chi connectivity index (χ4n) is 5.36. The molecule has 1 saturated heterocycles. The number of unbranched alkanes of at least 4 members (excludes halogenated alkanes) is 2. The number of carbonyl (C=O) groups is 3. The van der Waals surface area contributed by atoms with Crippen LogP contribution in [0.4, 0.5) is 5.69 Å². The molecule has 0 aromatic heterocycles. The van der Waals surface area contributed by atoms with Crippen LogP contribution >= 0.6 is 59.4 Å². The second-order valence-corrected chi connectivity index (χ2v) is 12.1. The summed E-state index contributed by atoms with van der Waals surface area (Å²) in [5.41, 5.74) is 1.54. The minimum absolute atomic E-state index is 0.00619. The lowest BCUT2D eigenvalue weighted by Gasteiger charge is -2.28. The van der Waals surface area contributed by atoms with E-state index in [1.165, 1.54) is 4.90 Å². The van der Waals surface area contributed by atoms with E-state index in [0.717, 1.165) is 29.3 Å². The Kier molecular flexibility index (Phi) is 7.21. The first-order valence-electron chi connectivity index (χ1n) is 10.6. The molecule has 0 radical (unpaired) electrons. The van der Waals surface area contributed by atoms with Gasteiger partial charge in [-0.1, -0.05) is 49.9 Å². The Morgan fingerprint density at radius 2 is 1.71 bits per heavy atom. The first kappa shape index (κ1) is 23.7. The molecule has 1 heterocycles. The van der Waals surface area contributed by atoms with Gasteiger partial charge in [0.25, 0.3) is 0 Å². The Morgan fingerprint density at radius 1 is 1.10 bits per heavy atom. The zero-order valence-electron chi connectivity index (χ0n) is 17.0. The van der Waals surface area contributed by atoms with Crippen LogP contribution in [0, 0.1) is 30.6 Å². The summed E-state index contributed by atoms with van der Waals surface area (Å²) in [5.74, 6) is 0.149. The summed E-state index contributed by atoms with van der Waals surface area (Å²) < 4.78 is 0.797. The lowest BCUT2D eigenvalue weighted by Crippen LogP contribution is -2.37. The van der Waals surface area contributed by atoms with Gasteiger partial charge >= 0.3 is 0 Å². The lowest BCUT2D eigenvalue weighted by molar-refractivity contribution is -0.140. The number of nitrogens with zero attached hydrogens (tertiary/aromatic N) is 1. The summed E-state index contributed by atoms with van der Waals surface area (Å²) in [7, 11) is 0. The maximum absolute atomic E-state index is 12.9. The van der Waals surface area contributed by atoms with Gasteiger partial charge in [-0.25, -0.2) is 0 Å². The van der Waals surface area contributed by atoms with Crippen molar-refractivity contribution in [2.75, 3.05) is 11.9 Å². The summed E-state index contributed by atoms with van der Waals surface area (Å²) in [6, 6.07) is 3.64. The number of fused-ring (bicyclic) bond motifs is 5. The summed E-state index contributed by atoms with van der Waals surface area (Å²) in [5, 5.41) is 3.50. The number of anilines is 1. The lowest BCUT2D eigenvalue weighted by atomic mass is 9.81. The van der Waals surface area contributed by atoms with Crippen LogP contribution in [0.15, 0.2) is 16.6 Å². The molecule has 3 aliphatic rings. The molecular weight excluding hydrogens is 615 g/mol. The van der Waals surface area contributed by atoms with E-state index in [1.54, 1.807) is 0 Å². The maximum atomic E-state index is 12.9. The Bertz CT molecular complexity index is 896. The number of imide groups is 1. The number of hydrogen-bond donors (Lipinski definition) is 1. The highest BCUT2D eigenvalue weighted by Crippen LogP contribution is 2.60. The minimum atomic E-state index is -0.151. The van der Waals surface area contributed by atoms with Crippen molar-refractivity contribution < 1.29 is 14.4 Å². The van der Waals surface area contributed by atoms with Gasteiger partial charge in [-0.05, 0) is 71.6 Å². The smallest absolute Gasteiger partial charge is 0.233 e. The molecule has 5 nitrogen and oxygen atoms in total. The molecular formula is C22H24Br3ClN2O3. The van der Waals surface area contributed by atoms with Crippen molar-refractivity contribution in [3.05, 3.63) is 27.2 Å². The van der Waals surface area contributed by atoms with Crippen molar-refractivity contribution in [1.29, 1.82) is 0 Å². The molecule has 3 amide bonds. The highest BCUT2D eigenvalue weighted by atomic mass is 79.9. The number of amides is 3. The standard InChI is InChI=1S/C22H24Br3ClN2O3/c1-10-14(7-6-13(23)20(10)26)27-15(29)5-3-2-4-8-28-21(30)16-11-9-12(17(16)22(28)31)19(25)18(11)24/h6-7,11-12,16-19H,2-5,8-9H2,1H3,(H,27,29)/t11-,12-,16-,17+,18-,19+/m1/s1. The molecule has 6 atom stereocenters. The second-order valence-electron chi connectivity index (χ2n) is 8.72. The Morgan fingerprint density at radius 3 is 2.32 bits per heavy atom. The largest absolute Gasteiger partial charge is 0.326 e. The normalized spacial score (nSPS) is 31.5. The number of benzene rings is 1. The Balaban J connectivity index is 1.22. The zero-order valence-corrected chi connectivity index (χ0v) is 22.6. The molecule has 1 aliphatic heterocycles. The van der Waals surface area contributed by atoms with Gasteiger partial charge in [-0.2, -0.15) is 0 Å². The van der Waals surface area contributed by atoms with Gasteiger partial charge in [0.2, 0.25) is 17.7 Å². The third-order valence-electron chi connectivity index (χ3n) is 6.98. The highest BCUT2D eigenvalue weighted by Gasteiger charge is 2.66. The molecule has 2 aliphatic carbocycles. The molecule has 31 heavy (non-hydrogen) atoms. The van der Waals surface area contributed by atoms with Crippen molar-refractivity contribution in [3.63, 3.8) is 0 Å². The van der Waals surface area contributed by atoms with E-state index in [1.807, 2.05) is 19.1 Å². The third kappa shape index (κ3) is 4.26. The minimum Gasteiger partial charge on any atom is -0.326 e. The van der Waals surface area contributed by atoms with Crippen molar-refractivity contribution in [1.82, 2.24) is 4.90 Å². The molecule has 9 heteroatoms. The fraction of sp³-hybridized carbons (Fsp3) is 0.591. The Labute approximate surface area is 212 Å². The molecule has 4 rings (SSSR count). The van der Waals surface area contributed by atoms with Gasteiger partial charge in [0, 0.05) is 32.8 Å². The average molecular weight is 640 g/mol. The van der Waals surface area contributed by atoms with Crippen LogP contribution in [0.3, 0.4) is 0 Å². The van der Waals surface area contributed by atoms with Gasteiger partial charge in [0.05, 0.1) is 16.9 Å². The van der Waals surface area contributed by atoms with Crippen LogP contribution in [-0.4, -0.2) is 38.8 Å². The molecule has 0 spiro atoms. The molecule has 1 aromatic carbocycles. The number of likely N-dealkylation sites (tertiary alicyclic amines) is 1. The molecule has 1 aromatic rings. The van der Waals surface area contributed by atoms with E-state index in [9.17, 15) is 14.4 Å². The molecule has 168 valence electrons. The Hall–Kier alpha value is -0.440. The van der Waals surface area contributed by atoms with Gasteiger partial charge in [0.1, 0.15) is 0 Å². The van der Waals surface area contributed by atoms with Crippen molar-refractivity contribution in [3.8, 4) is 0 Å².